The molecule has 0 amide bonds. The van der Waals surface area contributed by atoms with E-state index in [4.69, 9.17) is 10.2 Å². The van der Waals surface area contributed by atoms with Crippen LogP contribution in [0.4, 0.5) is 5.82 Å². The van der Waals surface area contributed by atoms with Gasteiger partial charge in [-0.25, -0.2) is 4.98 Å². The first-order valence-corrected chi connectivity index (χ1v) is 6.83. The topological polar surface area (TPSA) is 56.5 Å². The van der Waals surface area contributed by atoms with Crippen molar-refractivity contribution in [1.29, 1.82) is 0 Å². The lowest BCUT2D eigenvalue weighted by atomic mass is 10.3. The van der Waals surface area contributed by atoms with Crippen LogP contribution in [0.1, 0.15) is 5.56 Å². The summed E-state index contributed by atoms with van der Waals surface area (Å²) < 4.78 is 9.07. The standard InChI is InChI=1S/C12H9Br2N3O/c1-6-4-7(13)5-17-11(15)9(16-12(6)17)10-8(14)2-3-18-10/h2-5H,15H2,1H3. The highest BCUT2D eigenvalue weighted by atomic mass is 79.9. The van der Waals surface area contributed by atoms with Gasteiger partial charge in [-0.3, -0.25) is 4.40 Å². The van der Waals surface area contributed by atoms with Crippen LogP contribution in [0.5, 0.6) is 0 Å². The molecule has 0 saturated heterocycles. The van der Waals surface area contributed by atoms with Gasteiger partial charge < -0.3 is 10.2 Å². The normalized spacial score (nSPS) is 11.3. The Morgan fingerprint density at radius 2 is 2.17 bits per heavy atom. The van der Waals surface area contributed by atoms with Crippen molar-refractivity contribution in [3.63, 3.8) is 0 Å². The molecule has 92 valence electrons. The zero-order valence-electron chi connectivity index (χ0n) is 9.45. The minimum absolute atomic E-state index is 0.560. The van der Waals surface area contributed by atoms with E-state index in [2.05, 4.69) is 36.8 Å². The molecule has 0 aromatic carbocycles. The molecule has 0 aliphatic carbocycles. The molecule has 0 spiro atoms. The summed E-state index contributed by atoms with van der Waals surface area (Å²) in [6.07, 6.45) is 3.50. The van der Waals surface area contributed by atoms with E-state index in [0.717, 1.165) is 20.2 Å². The fourth-order valence-electron chi connectivity index (χ4n) is 1.92. The number of furan rings is 1. The lowest BCUT2D eigenvalue weighted by Crippen LogP contribution is -1.95. The maximum atomic E-state index is 6.14. The van der Waals surface area contributed by atoms with Gasteiger partial charge in [0, 0.05) is 10.7 Å². The molecular formula is C12H9Br2N3O. The second-order valence-electron chi connectivity index (χ2n) is 3.98. The molecule has 0 aliphatic heterocycles. The first-order valence-electron chi connectivity index (χ1n) is 5.25. The predicted molar refractivity (Wildman–Crippen MR) is 77.4 cm³/mol. The lowest BCUT2D eigenvalue weighted by Gasteiger charge is -2.00. The maximum absolute atomic E-state index is 6.14. The number of hydrogen-bond acceptors (Lipinski definition) is 3. The summed E-state index contributed by atoms with van der Waals surface area (Å²) in [7, 11) is 0. The molecule has 0 unspecified atom stereocenters. The highest BCUT2D eigenvalue weighted by molar-refractivity contribution is 9.10. The van der Waals surface area contributed by atoms with Crippen LogP contribution in [0.3, 0.4) is 0 Å². The average molecular weight is 371 g/mol. The Hall–Kier alpha value is -1.27. The van der Waals surface area contributed by atoms with Gasteiger partial charge in [0.25, 0.3) is 0 Å². The number of anilines is 1. The molecule has 0 bridgehead atoms. The summed E-state index contributed by atoms with van der Waals surface area (Å²) in [5, 5.41) is 0. The molecule has 3 heterocycles. The number of imidazole rings is 1. The number of fused-ring (bicyclic) bond motifs is 1. The monoisotopic (exact) mass is 369 g/mol. The van der Waals surface area contributed by atoms with Gasteiger partial charge in [-0.1, -0.05) is 0 Å². The second-order valence-corrected chi connectivity index (χ2v) is 5.75. The maximum Gasteiger partial charge on any atom is 0.170 e. The SMILES string of the molecule is Cc1cc(Br)cn2c(N)c(-c3occc3Br)nc12. The van der Waals surface area contributed by atoms with Crippen LogP contribution in [0.2, 0.25) is 0 Å². The third-order valence-electron chi connectivity index (χ3n) is 2.74. The second kappa shape index (κ2) is 4.13. The first kappa shape index (κ1) is 11.8. The minimum Gasteiger partial charge on any atom is -0.461 e. The molecule has 0 radical (unpaired) electrons. The van der Waals surface area contributed by atoms with Gasteiger partial charge in [0.05, 0.1) is 10.7 Å². The summed E-state index contributed by atoms with van der Waals surface area (Å²) in [6.45, 7) is 1.99. The Kier molecular flexibility index (Phi) is 2.71. The number of aromatic nitrogens is 2. The molecule has 6 heteroatoms. The van der Waals surface area contributed by atoms with Crippen molar-refractivity contribution in [3.8, 4) is 11.5 Å². The fourth-order valence-corrected chi connectivity index (χ4v) is 2.85. The molecule has 0 aliphatic rings. The summed E-state index contributed by atoms with van der Waals surface area (Å²) in [6, 6.07) is 3.82. The first-order chi connectivity index (χ1) is 8.58. The van der Waals surface area contributed by atoms with Crippen molar-refractivity contribution in [3.05, 3.63) is 39.1 Å². The number of aryl methyl sites for hydroxylation is 1. The predicted octanol–water partition coefficient (Wildman–Crippen LogP) is 4.01. The molecule has 0 fully saturated rings. The van der Waals surface area contributed by atoms with Gasteiger partial charge in [-0.15, -0.1) is 0 Å². The van der Waals surface area contributed by atoms with Crippen LogP contribution < -0.4 is 5.73 Å². The molecule has 2 N–H and O–H groups in total. The number of pyridine rings is 1. The number of rotatable bonds is 1. The van der Waals surface area contributed by atoms with Gasteiger partial charge in [0.15, 0.2) is 5.76 Å². The number of nitrogen functional groups attached to an aromatic ring is 1. The molecule has 3 rings (SSSR count). The molecule has 18 heavy (non-hydrogen) atoms. The van der Waals surface area contributed by atoms with E-state index in [1.807, 2.05) is 29.7 Å². The van der Waals surface area contributed by atoms with Crippen LogP contribution >= 0.6 is 31.9 Å². The zero-order valence-corrected chi connectivity index (χ0v) is 12.6. The smallest absolute Gasteiger partial charge is 0.170 e. The Balaban J connectivity index is 2.36. The molecule has 3 aromatic heterocycles. The molecule has 0 atom stereocenters. The Morgan fingerprint density at radius 3 is 2.83 bits per heavy atom. The summed E-state index contributed by atoms with van der Waals surface area (Å²) in [5.41, 5.74) is 8.66. The molecule has 4 nitrogen and oxygen atoms in total. The van der Waals surface area contributed by atoms with E-state index < -0.39 is 0 Å². The minimum atomic E-state index is 0.560. The average Bonchev–Trinajstić information content (AvgIpc) is 2.85. The van der Waals surface area contributed by atoms with Crippen LogP contribution in [-0.4, -0.2) is 9.38 Å². The van der Waals surface area contributed by atoms with E-state index in [9.17, 15) is 0 Å². The van der Waals surface area contributed by atoms with Gasteiger partial charge in [0.2, 0.25) is 0 Å². The van der Waals surface area contributed by atoms with Crippen molar-refractivity contribution in [2.45, 2.75) is 6.92 Å². The Morgan fingerprint density at radius 1 is 1.39 bits per heavy atom. The van der Waals surface area contributed by atoms with Gasteiger partial charge in [0.1, 0.15) is 17.2 Å². The summed E-state index contributed by atoms with van der Waals surface area (Å²) >= 11 is 6.87. The van der Waals surface area contributed by atoms with Gasteiger partial charge in [-0.05, 0) is 56.5 Å². The molecule has 0 saturated carbocycles. The van der Waals surface area contributed by atoms with Crippen molar-refractivity contribution in [1.82, 2.24) is 9.38 Å². The summed E-state index contributed by atoms with van der Waals surface area (Å²) in [5.74, 6) is 1.21. The van der Waals surface area contributed by atoms with Crippen LogP contribution in [-0.2, 0) is 0 Å². The van der Waals surface area contributed by atoms with Crippen LogP contribution in [0, 0.1) is 6.92 Å². The fraction of sp³-hybridized carbons (Fsp3) is 0.0833. The van der Waals surface area contributed by atoms with E-state index >= 15 is 0 Å². The highest BCUT2D eigenvalue weighted by Gasteiger charge is 2.17. The van der Waals surface area contributed by atoms with Crippen molar-refractivity contribution < 1.29 is 4.42 Å². The van der Waals surface area contributed by atoms with Gasteiger partial charge >= 0.3 is 0 Å². The third-order valence-corrected chi connectivity index (χ3v) is 3.80. The molecular weight excluding hydrogens is 362 g/mol. The van der Waals surface area contributed by atoms with Crippen molar-refractivity contribution >= 4 is 43.3 Å². The number of hydrogen-bond donors (Lipinski definition) is 1. The van der Waals surface area contributed by atoms with E-state index in [1.165, 1.54) is 0 Å². The zero-order chi connectivity index (χ0) is 12.9. The van der Waals surface area contributed by atoms with Crippen molar-refractivity contribution in [2.24, 2.45) is 0 Å². The van der Waals surface area contributed by atoms with Crippen LogP contribution in [0.25, 0.3) is 17.1 Å². The summed E-state index contributed by atoms with van der Waals surface area (Å²) in [4.78, 5) is 4.55. The quantitative estimate of drug-likeness (QED) is 0.704. The van der Waals surface area contributed by atoms with E-state index in [0.29, 0.717) is 17.3 Å². The van der Waals surface area contributed by atoms with E-state index in [-0.39, 0.29) is 0 Å². The van der Waals surface area contributed by atoms with E-state index in [1.54, 1.807) is 6.26 Å². The van der Waals surface area contributed by atoms with Gasteiger partial charge in [-0.2, -0.15) is 0 Å². The lowest BCUT2D eigenvalue weighted by molar-refractivity contribution is 0.579. The Bertz CT molecular complexity index is 745. The third kappa shape index (κ3) is 1.67. The number of halogens is 2. The molecule has 3 aromatic rings. The number of nitrogens with two attached hydrogens (primary N) is 1. The van der Waals surface area contributed by atoms with Crippen LogP contribution in [0.15, 0.2) is 38.0 Å². The Labute approximate surface area is 120 Å². The highest BCUT2D eigenvalue weighted by Crippen LogP contribution is 2.34. The largest absolute Gasteiger partial charge is 0.461 e. The number of nitrogens with zero attached hydrogens (tertiary/aromatic N) is 2. The van der Waals surface area contributed by atoms with Crippen molar-refractivity contribution in [2.75, 3.05) is 5.73 Å².